The summed E-state index contributed by atoms with van der Waals surface area (Å²) in [5.41, 5.74) is 0.808. The molecule has 0 bridgehead atoms. The lowest BCUT2D eigenvalue weighted by Crippen LogP contribution is -2.33. The topological polar surface area (TPSA) is 15.3 Å². The van der Waals surface area contributed by atoms with E-state index in [1.54, 1.807) is 12.1 Å². The molecule has 0 heterocycles. The Hall–Kier alpha value is -0.930. The van der Waals surface area contributed by atoms with Gasteiger partial charge < -0.3 is 10.2 Å². The van der Waals surface area contributed by atoms with E-state index in [0.717, 1.165) is 37.4 Å². The van der Waals surface area contributed by atoms with E-state index in [-0.39, 0.29) is 11.9 Å². The average Bonchev–Trinajstić information content (AvgIpc) is 2.44. The molecule has 2 nitrogen and oxygen atoms in total. The van der Waals surface area contributed by atoms with E-state index in [9.17, 15) is 4.39 Å². The fraction of sp³-hybridized carbons (Fsp3) is 0.667. The lowest BCUT2D eigenvalue weighted by atomic mass is 9.85. The molecule has 21 heavy (non-hydrogen) atoms. The Morgan fingerprint density at radius 3 is 2.71 bits per heavy atom. The molecular formula is C18H29FN2. The van der Waals surface area contributed by atoms with Gasteiger partial charge in [0.05, 0.1) is 0 Å². The van der Waals surface area contributed by atoms with Gasteiger partial charge >= 0.3 is 0 Å². The molecule has 1 saturated carbocycles. The van der Waals surface area contributed by atoms with Crippen LogP contribution in [0.5, 0.6) is 0 Å². The van der Waals surface area contributed by atoms with Crippen LogP contribution in [0.3, 0.4) is 0 Å². The van der Waals surface area contributed by atoms with Crippen LogP contribution in [0.15, 0.2) is 24.3 Å². The first kappa shape index (κ1) is 16.4. The molecule has 1 unspecified atom stereocenters. The van der Waals surface area contributed by atoms with E-state index in [2.05, 4.69) is 24.2 Å². The van der Waals surface area contributed by atoms with Crippen LogP contribution in [0.1, 0.15) is 50.6 Å². The molecule has 1 atom stereocenters. The van der Waals surface area contributed by atoms with E-state index >= 15 is 0 Å². The second-order valence-corrected chi connectivity index (χ2v) is 6.38. The molecule has 0 aliphatic heterocycles. The van der Waals surface area contributed by atoms with Crippen molar-refractivity contribution in [3.8, 4) is 0 Å². The fourth-order valence-corrected chi connectivity index (χ4v) is 3.00. The van der Waals surface area contributed by atoms with Gasteiger partial charge in [0.25, 0.3) is 0 Å². The molecule has 0 aromatic heterocycles. The third kappa shape index (κ3) is 5.08. The molecule has 118 valence electrons. The molecule has 3 heteroatoms. The molecule has 1 aromatic rings. The molecule has 0 saturated heterocycles. The zero-order chi connectivity index (χ0) is 15.1. The first-order valence-corrected chi connectivity index (χ1v) is 8.37. The van der Waals surface area contributed by atoms with Gasteiger partial charge in [-0.1, -0.05) is 31.5 Å². The molecule has 1 N–H and O–H groups in total. The van der Waals surface area contributed by atoms with Crippen LogP contribution in [-0.2, 0) is 0 Å². The summed E-state index contributed by atoms with van der Waals surface area (Å²) in [6.07, 6.45) is 6.20. The maximum absolute atomic E-state index is 14.0. The summed E-state index contributed by atoms with van der Waals surface area (Å²) in [6, 6.07) is 7.29. The minimum absolute atomic E-state index is 0.0900. The first-order chi connectivity index (χ1) is 10.2. The van der Waals surface area contributed by atoms with Crippen LogP contribution in [0.25, 0.3) is 0 Å². The third-order valence-electron chi connectivity index (χ3n) is 4.52. The summed E-state index contributed by atoms with van der Waals surface area (Å²) in [5.74, 6) is 0.804. The molecule has 2 rings (SSSR count). The number of rotatable bonds is 9. The predicted octanol–water partition coefficient (Wildman–Crippen LogP) is 3.99. The molecule has 1 aliphatic rings. The Balaban J connectivity index is 1.88. The highest BCUT2D eigenvalue weighted by atomic mass is 19.1. The fourth-order valence-electron chi connectivity index (χ4n) is 3.00. The molecule has 0 amide bonds. The van der Waals surface area contributed by atoms with Gasteiger partial charge in [-0.3, -0.25) is 0 Å². The zero-order valence-corrected chi connectivity index (χ0v) is 13.4. The van der Waals surface area contributed by atoms with Crippen LogP contribution in [-0.4, -0.2) is 31.6 Å². The Bertz CT molecular complexity index is 417. The summed E-state index contributed by atoms with van der Waals surface area (Å²) in [7, 11) is 2.19. The lowest BCUT2D eigenvalue weighted by Gasteiger charge is -2.31. The van der Waals surface area contributed by atoms with Crippen molar-refractivity contribution in [1.82, 2.24) is 10.2 Å². The van der Waals surface area contributed by atoms with Crippen LogP contribution < -0.4 is 5.32 Å². The molecule has 0 radical (unpaired) electrons. The standard InChI is InChI=1S/C18H29FN2/c1-3-12-20-18(16-9-4-5-10-17(16)19)11-13-21(2)14-15-7-6-8-15/h4-5,9-10,15,18,20H,3,6-8,11-14H2,1-2H3. The zero-order valence-electron chi connectivity index (χ0n) is 13.4. The van der Waals surface area contributed by atoms with Crippen molar-refractivity contribution in [3.63, 3.8) is 0 Å². The smallest absolute Gasteiger partial charge is 0.127 e. The second kappa shape index (κ2) is 8.50. The van der Waals surface area contributed by atoms with Gasteiger partial charge in [-0.25, -0.2) is 4.39 Å². The van der Waals surface area contributed by atoms with Crippen molar-refractivity contribution in [3.05, 3.63) is 35.6 Å². The van der Waals surface area contributed by atoms with Crippen LogP contribution >= 0.6 is 0 Å². The van der Waals surface area contributed by atoms with Crippen molar-refractivity contribution < 1.29 is 4.39 Å². The highest BCUT2D eigenvalue weighted by molar-refractivity contribution is 5.21. The molecule has 1 fully saturated rings. The number of nitrogens with one attached hydrogen (secondary N) is 1. The Morgan fingerprint density at radius 2 is 2.10 bits per heavy atom. The van der Waals surface area contributed by atoms with Gasteiger partial charge in [0.15, 0.2) is 0 Å². The quantitative estimate of drug-likeness (QED) is 0.740. The van der Waals surface area contributed by atoms with Gasteiger partial charge in [0, 0.05) is 18.2 Å². The van der Waals surface area contributed by atoms with Crippen molar-refractivity contribution in [2.75, 3.05) is 26.7 Å². The van der Waals surface area contributed by atoms with E-state index in [1.165, 1.54) is 25.8 Å². The Labute approximate surface area is 128 Å². The number of hydrogen-bond donors (Lipinski definition) is 1. The third-order valence-corrected chi connectivity index (χ3v) is 4.52. The first-order valence-electron chi connectivity index (χ1n) is 8.37. The van der Waals surface area contributed by atoms with E-state index in [1.807, 2.05) is 12.1 Å². The largest absolute Gasteiger partial charge is 0.310 e. The normalized spacial score (nSPS) is 17.0. The van der Waals surface area contributed by atoms with Gasteiger partial charge in [0.2, 0.25) is 0 Å². The summed E-state index contributed by atoms with van der Waals surface area (Å²) in [6.45, 7) is 5.30. The average molecular weight is 292 g/mol. The van der Waals surface area contributed by atoms with Gasteiger partial charge in [0.1, 0.15) is 5.82 Å². The number of benzene rings is 1. The van der Waals surface area contributed by atoms with Gasteiger partial charge in [-0.15, -0.1) is 0 Å². The van der Waals surface area contributed by atoms with Crippen molar-refractivity contribution in [2.24, 2.45) is 5.92 Å². The van der Waals surface area contributed by atoms with Crippen molar-refractivity contribution in [1.29, 1.82) is 0 Å². The summed E-state index contributed by atoms with van der Waals surface area (Å²) < 4.78 is 14.0. The van der Waals surface area contributed by atoms with E-state index in [0.29, 0.717) is 0 Å². The Kier molecular flexibility index (Phi) is 6.65. The maximum Gasteiger partial charge on any atom is 0.127 e. The highest BCUT2D eigenvalue weighted by Crippen LogP contribution is 2.27. The van der Waals surface area contributed by atoms with E-state index in [4.69, 9.17) is 0 Å². The summed E-state index contributed by atoms with van der Waals surface area (Å²) >= 11 is 0. The van der Waals surface area contributed by atoms with Crippen LogP contribution in [0.2, 0.25) is 0 Å². The van der Waals surface area contributed by atoms with Gasteiger partial charge in [-0.2, -0.15) is 0 Å². The monoisotopic (exact) mass is 292 g/mol. The lowest BCUT2D eigenvalue weighted by molar-refractivity contribution is 0.198. The minimum atomic E-state index is -0.0900. The molecule has 1 aromatic carbocycles. The summed E-state index contributed by atoms with van der Waals surface area (Å²) in [4.78, 5) is 2.41. The number of hydrogen-bond acceptors (Lipinski definition) is 2. The molecule has 1 aliphatic carbocycles. The molecule has 0 spiro atoms. The van der Waals surface area contributed by atoms with Gasteiger partial charge in [-0.05, 0) is 57.8 Å². The Morgan fingerprint density at radius 1 is 1.33 bits per heavy atom. The highest BCUT2D eigenvalue weighted by Gasteiger charge is 2.20. The maximum atomic E-state index is 14.0. The number of nitrogens with zero attached hydrogens (tertiary/aromatic N) is 1. The second-order valence-electron chi connectivity index (χ2n) is 6.38. The van der Waals surface area contributed by atoms with E-state index < -0.39 is 0 Å². The van der Waals surface area contributed by atoms with Crippen molar-refractivity contribution >= 4 is 0 Å². The molecular weight excluding hydrogens is 263 g/mol. The van der Waals surface area contributed by atoms with Crippen molar-refractivity contribution in [2.45, 2.75) is 45.1 Å². The minimum Gasteiger partial charge on any atom is -0.310 e. The summed E-state index contributed by atoms with van der Waals surface area (Å²) in [5, 5.41) is 3.50. The number of halogens is 1. The van der Waals surface area contributed by atoms with Crippen LogP contribution in [0, 0.1) is 11.7 Å². The van der Waals surface area contributed by atoms with Crippen LogP contribution in [0.4, 0.5) is 4.39 Å². The SMILES string of the molecule is CCCNC(CCN(C)CC1CCC1)c1ccccc1F. The predicted molar refractivity (Wildman–Crippen MR) is 86.9 cm³/mol.